The van der Waals surface area contributed by atoms with E-state index in [1.165, 1.54) is 6.42 Å². The van der Waals surface area contributed by atoms with Gasteiger partial charge in [-0.1, -0.05) is 37.5 Å². The van der Waals surface area contributed by atoms with E-state index in [1.807, 2.05) is 48.5 Å². The maximum absolute atomic E-state index is 12.8. The third-order valence-corrected chi connectivity index (χ3v) is 7.40. The fourth-order valence-electron chi connectivity index (χ4n) is 5.39. The molecule has 9 nitrogen and oxygen atoms in total. The fraction of sp³-hybridized carbons (Fsp3) is 0.200. The topological polar surface area (TPSA) is 125 Å². The van der Waals surface area contributed by atoms with Crippen molar-refractivity contribution < 1.29 is 4.79 Å². The van der Waals surface area contributed by atoms with E-state index in [1.54, 1.807) is 24.8 Å². The largest absolute Gasteiger partial charge is 0.337 e. The summed E-state index contributed by atoms with van der Waals surface area (Å²) in [7, 11) is 0. The first-order chi connectivity index (χ1) is 19.2. The number of pyridine rings is 3. The molecule has 1 amide bonds. The summed E-state index contributed by atoms with van der Waals surface area (Å²) in [6, 6.07) is 15.8. The van der Waals surface area contributed by atoms with Crippen molar-refractivity contribution in [3.8, 4) is 34.0 Å². The average molecular weight is 515 g/mol. The Labute approximate surface area is 224 Å². The van der Waals surface area contributed by atoms with Crippen LogP contribution in [0.25, 0.3) is 56.0 Å². The zero-order valence-corrected chi connectivity index (χ0v) is 21.2. The minimum absolute atomic E-state index is 0.0733. The lowest BCUT2D eigenvalue weighted by Crippen LogP contribution is -2.24. The highest BCUT2D eigenvalue weighted by molar-refractivity contribution is 5.98. The van der Waals surface area contributed by atoms with Crippen molar-refractivity contribution in [3.05, 3.63) is 73.3 Å². The van der Waals surface area contributed by atoms with Gasteiger partial charge in [-0.25, -0.2) is 4.98 Å². The molecule has 0 unspecified atom stereocenters. The average Bonchev–Trinajstić information content (AvgIpc) is 3.62. The number of para-hydroxylation sites is 1. The second kappa shape index (κ2) is 9.75. The third-order valence-electron chi connectivity index (χ3n) is 7.40. The molecule has 1 aliphatic rings. The molecule has 5 heterocycles. The molecule has 1 aromatic carbocycles. The van der Waals surface area contributed by atoms with Gasteiger partial charge in [-0.05, 0) is 43.2 Å². The third kappa shape index (κ3) is 4.41. The van der Waals surface area contributed by atoms with Crippen molar-refractivity contribution in [1.82, 2.24) is 35.1 Å². The Morgan fingerprint density at radius 1 is 0.897 bits per heavy atom. The second-order valence-electron chi connectivity index (χ2n) is 9.98. The molecule has 9 heteroatoms. The normalized spacial score (nSPS) is 14.2. The van der Waals surface area contributed by atoms with E-state index in [0.717, 1.165) is 70.1 Å². The van der Waals surface area contributed by atoms with Crippen LogP contribution in [0, 0.1) is 5.92 Å². The molecule has 192 valence electrons. The first-order valence-corrected chi connectivity index (χ1v) is 13.2. The molecule has 1 saturated carbocycles. The number of hydrogen-bond acceptors (Lipinski definition) is 6. The lowest BCUT2D eigenvalue weighted by Gasteiger charge is -2.20. The van der Waals surface area contributed by atoms with Crippen LogP contribution >= 0.6 is 0 Å². The molecule has 1 aliphatic carbocycles. The molecule has 0 saturated heterocycles. The molecule has 6 aromatic rings. The maximum atomic E-state index is 12.8. The molecule has 1 fully saturated rings. The number of rotatable bonds is 5. The summed E-state index contributed by atoms with van der Waals surface area (Å²) in [6.07, 6.45) is 12.3. The lowest BCUT2D eigenvalue weighted by atomic mass is 9.88. The van der Waals surface area contributed by atoms with Gasteiger partial charge in [0.2, 0.25) is 5.91 Å². The highest BCUT2D eigenvalue weighted by atomic mass is 16.1. The number of carbonyl (C=O) groups is 1. The van der Waals surface area contributed by atoms with E-state index >= 15 is 0 Å². The van der Waals surface area contributed by atoms with Crippen molar-refractivity contribution >= 4 is 33.5 Å². The van der Waals surface area contributed by atoms with Gasteiger partial charge in [0.1, 0.15) is 5.69 Å². The van der Waals surface area contributed by atoms with Crippen molar-refractivity contribution in [1.29, 1.82) is 0 Å². The van der Waals surface area contributed by atoms with Gasteiger partial charge in [0.05, 0.1) is 46.0 Å². The van der Waals surface area contributed by atoms with Gasteiger partial charge in [-0.2, -0.15) is 5.10 Å². The smallest absolute Gasteiger partial charge is 0.227 e. The first kappa shape index (κ1) is 23.2. The predicted octanol–water partition coefficient (Wildman–Crippen LogP) is 6.14. The Bertz CT molecular complexity index is 1800. The van der Waals surface area contributed by atoms with Crippen LogP contribution in [0.5, 0.6) is 0 Å². The number of nitrogens with one attached hydrogen (secondary N) is 3. The maximum Gasteiger partial charge on any atom is 0.227 e. The molecule has 5 aromatic heterocycles. The molecule has 0 aliphatic heterocycles. The van der Waals surface area contributed by atoms with Gasteiger partial charge in [0, 0.05) is 34.8 Å². The van der Waals surface area contributed by atoms with E-state index in [4.69, 9.17) is 4.98 Å². The number of aromatic amines is 2. The Morgan fingerprint density at radius 3 is 2.69 bits per heavy atom. The minimum Gasteiger partial charge on any atom is -0.337 e. The lowest BCUT2D eigenvalue weighted by molar-refractivity contribution is -0.120. The van der Waals surface area contributed by atoms with Crippen LogP contribution in [0.15, 0.2) is 73.3 Å². The Kier molecular flexibility index (Phi) is 5.81. The summed E-state index contributed by atoms with van der Waals surface area (Å²) in [5, 5.41) is 11.6. The summed E-state index contributed by atoms with van der Waals surface area (Å²) in [5.41, 5.74) is 7.28. The van der Waals surface area contributed by atoms with Crippen LogP contribution in [0.1, 0.15) is 32.1 Å². The van der Waals surface area contributed by atoms with Gasteiger partial charge in [-0.15, -0.1) is 0 Å². The SMILES string of the molecule is O=C(Nc1cncc(-c2cc3c(-c4nc5c(-c6ccccn6)cccc5[nH]4)n[nH]c3cn2)c1)C1CCCCC1. The summed E-state index contributed by atoms with van der Waals surface area (Å²) in [6.45, 7) is 0. The monoisotopic (exact) mass is 514 g/mol. The molecule has 0 spiro atoms. The number of aromatic nitrogens is 7. The van der Waals surface area contributed by atoms with E-state index < -0.39 is 0 Å². The van der Waals surface area contributed by atoms with Gasteiger partial charge in [0.25, 0.3) is 0 Å². The zero-order valence-electron chi connectivity index (χ0n) is 21.2. The standard InChI is InChI=1S/C30H26N8O/c39-30(18-7-2-1-3-8-18)34-20-13-19(15-31-16-20)25-14-22-26(17-33-25)37-38-28(22)29-35-24-11-6-9-21(27(24)36-29)23-10-4-5-12-32-23/h4-6,9-18H,1-3,7-8H2,(H,34,39)(H,35,36)(H,37,38). The van der Waals surface area contributed by atoms with Gasteiger partial charge >= 0.3 is 0 Å². The van der Waals surface area contributed by atoms with E-state index in [-0.39, 0.29) is 11.8 Å². The predicted molar refractivity (Wildman–Crippen MR) is 151 cm³/mol. The van der Waals surface area contributed by atoms with Gasteiger partial charge in [0.15, 0.2) is 5.82 Å². The molecule has 0 bridgehead atoms. The minimum atomic E-state index is 0.0733. The van der Waals surface area contributed by atoms with Crippen LogP contribution in [-0.4, -0.2) is 41.0 Å². The molecule has 39 heavy (non-hydrogen) atoms. The van der Waals surface area contributed by atoms with Crippen LogP contribution in [0.3, 0.4) is 0 Å². The van der Waals surface area contributed by atoms with E-state index in [9.17, 15) is 4.79 Å². The number of imidazole rings is 1. The van der Waals surface area contributed by atoms with Crippen LogP contribution < -0.4 is 5.32 Å². The van der Waals surface area contributed by atoms with Crippen LogP contribution in [-0.2, 0) is 4.79 Å². The number of H-pyrrole nitrogens is 2. The number of fused-ring (bicyclic) bond motifs is 2. The highest BCUT2D eigenvalue weighted by Crippen LogP contribution is 2.32. The van der Waals surface area contributed by atoms with Crippen molar-refractivity contribution in [2.45, 2.75) is 32.1 Å². The van der Waals surface area contributed by atoms with Crippen molar-refractivity contribution in [2.24, 2.45) is 5.92 Å². The summed E-state index contributed by atoms with van der Waals surface area (Å²) >= 11 is 0. The van der Waals surface area contributed by atoms with E-state index in [0.29, 0.717) is 17.2 Å². The molecule has 0 atom stereocenters. The first-order valence-electron chi connectivity index (χ1n) is 13.2. The Balaban J connectivity index is 1.23. The number of hydrogen-bond donors (Lipinski definition) is 3. The highest BCUT2D eigenvalue weighted by Gasteiger charge is 2.21. The fourth-order valence-corrected chi connectivity index (χ4v) is 5.39. The van der Waals surface area contributed by atoms with Crippen LogP contribution in [0.2, 0.25) is 0 Å². The summed E-state index contributed by atoms with van der Waals surface area (Å²) < 4.78 is 0. The number of nitrogens with zero attached hydrogens (tertiary/aromatic N) is 5. The summed E-state index contributed by atoms with van der Waals surface area (Å²) in [4.78, 5) is 34.6. The zero-order chi connectivity index (χ0) is 26.2. The molecular formula is C30H26N8O. The molecular weight excluding hydrogens is 488 g/mol. The van der Waals surface area contributed by atoms with Crippen LogP contribution in [0.4, 0.5) is 5.69 Å². The summed E-state index contributed by atoms with van der Waals surface area (Å²) in [5.74, 6) is 0.805. The molecule has 3 N–H and O–H groups in total. The van der Waals surface area contributed by atoms with Gasteiger partial charge in [-0.3, -0.25) is 24.8 Å². The van der Waals surface area contributed by atoms with Gasteiger partial charge < -0.3 is 10.3 Å². The number of amides is 1. The Hall–Kier alpha value is -4.92. The van der Waals surface area contributed by atoms with Crippen molar-refractivity contribution in [3.63, 3.8) is 0 Å². The second-order valence-corrected chi connectivity index (χ2v) is 9.98. The number of anilines is 1. The quantitative estimate of drug-likeness (QED) is 0.254. The number of carbonyl (C=O) groups excluding carboxylic acids is 1. The molecule has 0 radical (unpaired) electrons. The Morgan fingerprint density at radius 2 is 1.82 bits per heavy atom. The number of benzene rings is 1. The van der Waals surface area contributed by atoms with Crippen molar-refractivity contribution in [2.75, 3.05) is 5.32 Å². The molecule has 7 rings (SSSR count). The van der Waals surface area contributed by atoms with E-state index in [2.05, 4.69) is 35.5 Å².